The quantitative estimate of drug-likeness (QED) is 0.189. The van der Waals surface area contributed by atoms with Crippen LogP contribution in [0.2, 0.25) is 0 Å². The van der Waals surface area contributed by atoms with E-state index in [1.807, 2.05) is 0 Å². The van der Waals surface area contributed by atoms with Gasteiger partial charge in [0, 0.05) is 0 Å². The first-order valence-corrected chi connectivity index (χ1v) is 2.23. The Labute approximate surface area is 128 Å². The van der Waals surface area contributed by atoms with Crippen LogP contribution in [0.3, 0.4) is 0 Å². The van der Waals surface area contributed by atoms with Crippen LogP contribution in [0.25, 0.3) is 0 Å². The number of aldehydes is 1. The molecule has 0 aliphatic rings. The summed E-state index contributed by atoms with van der Waals surface area (Å²) in [5.74, 6) is 0. The molecule has 0 saturated heterocycles. The van der Waals surface area contributed by atoms with E-state index in [9.17, 15) is 4.79 Å². The second-order valence-corrected chi connectivity index (χ2v) is 3.03. The summed E-state index contributed by atoms with van der Waals surface area (Å²) < 4.78 is -1.72. The van der Waals surface area contributed by atoms with Crippen LogP contribution in [0.4, 0.5) is 0 Å². The zero-order chi connectivity index (χ0) is 5.21. The molecule has 0 fully saturated rings. The molecule has 9 heavy (non-hydrogen) atoms. The number of alkyl halides is 3. The molecule has 0 spiro atoms. The number of rotatable bonds is 0. The number of carbonyl (C=O) groups is 1. The summed E-state index contributed by atoms with van der Waals surface area (Å²) >= 11 is 14.6. The van der Waals surface area contributed by atoms with Gasteiger partial charge in [0.1, 0.15) is 0 Å². The zero-order valence-electron chi connectivity index (χ0n) is 4.50. The molecule has 52 valence electrons. The van der Waals surface area contributed by atoms with Crippen molar-refractivity contribution in [2.75, 3.05) is 0 Å². The van der Waals surface area contributed by atoms with E-state index in [-0.39, 0.29) is 87.1 Å². The van der Waals surface area contributed by atoms with E-state index in [2.05, 4.69) is 0 Å². The van der Waals surface area contributed by atoms with Gasteiger partial charge in [0.15, 0.2) is 6.29 Å². The molecule has 0 aliphatic heterocycles. The van der Waals surface area contributed by atoms with Gasteiger partial charge in [0.05, 0.1) is 0 Å². The zero-order valence-corrected chi connectivity index (χ0v) is 12.0. The molecule has 0 heterocycles. The first kappa shape index (κ1) is 22.6. The summed E-state index contributed by atoms with van der Waals surface area (Å²) in [6.45, 7) is 0. The average Bonchev–Trinajstić information content (AvgIpc) is 1.35. The Morgan fingerprint density at radius 2 is 1.33 bits per heavy atom. The second-order valence-electron chi connectivity index (χ2n) is 0.659. The molecule has 0 bridgehead atoms. The van der Waals surface area contributed by atoms with Crippen molar-refractivity contribution in [1.82, 2.24) is 0 Å². The van der Waals surface area contributed by atoms with E-state index in [1.165, 1.54) is 0 Å². The molecule has 0 unspecified atom stereocenters. The van der Waals surface area contributed by atoms with Crippen molar-refractivity contribution in [1.29, 1.82) is 0 Å². The van der Waals surface area contributed by atoms with Crippen LogP contribution in [-0.2, 0) is 4.79 Å². The minimum Gasteiger partial charge on any atom is -1.00 e. The second kappa shape index (κ2) is 10.9. The molecule has 0 aromatic carbocycles. The number of halogens is 4. The van der Waals surface area contributed by atoms with Gasteiger partial charge < -0.3 is 29.5 Å². The molecule has 0 aromatic rings. The summed E-state index contributed by atoms with van der Waals surface area (Å²) in [4.78, 5) is 9.43. The Morgan fingerprint density at radius 3 is 1.33 bits per heavy atom. The predicted octanol–water partition coefficient (Wildman–Crippen LogP) is -5.26. The van der Waals surface area contributed by atoms with Gasteiger partial charge in [-0.05, 0) is 0 Å². The molecular formula is C2H3Cl3IKO2. The van der Waals surface area contributed by atoms with Crippen molar-refractivity contribution in [3.05, 3.63) is 0 Å². The van der Waals surface area contributed by atoms with Gasteiger partial charge in [0.25, 0.3) is 0 Å². The van der Waals surface area contributed by atoms with Gasteiger partial charge in [-0.1, -0.05) is 34.8 Å². The van der Waals surface area contributed by atoms with Crippen molar-refractivity contribution < 1.29 is 85.6 Å². The molecule has 0 saturated carbocycles. The summed E-state index contributed by atoms with van der Waals surface area (Å²) in [5, 5.41) is 0. The van der Waals surface area contributed by atoms with Crippen LogP contribution >= 0.6 is 34.8 Å². The maximum absolute atomic E-state index is 9.43. The number of hydrogen-bond acceptors (Lipinski definition) is 1. The monoisotopic (exact) mass is 330 g/mol. The van der Waals surface area contributed by atoms with Crippen LogP contribution < -0.4 is 75.4 Å². The summed E-state index contributed by atoms with van der Waals surface area (Å²) in [7, 11) is 0. The molecule has 0 aromatic heterocycles. The van der Waals surface area contributed by atoms with Crippen LogP contribution in [0.5, 0.6) is 0 Å². The number of carbonyl (C=O) groups excluding carboxylic acids is 1. The van der Waals surface area contributed by atoms with Crippen molar-refractivity contribution >= 4 is 41.1 Å². The molecule has 0 radical (unpaired) electrons. The Balaban J connectivity index is -0.0000000417. The predicted molar refractivity (Wildman–Crippen MR) is 30.0 cm³/mol. The third-order valence-electron chi connectivity index (χ3n) is 0.134. The first-order chi connectivity index (χ1) is 2.56. The number of hydrogen-bond donors (Lipinski definition) is 0. The van der Waals surface area contributed by atoms with Gasteiger partial charge in [-0.25, -0.2) is 0 Å². The Bertz CT molecular complexity index is 65.3. The minimum atomic E-state index is -1.72. The Morgan fingerprint density at radius 1 is 1.22 bits per heavy atom. The van der Waals surface area contributed by atoms with Crippen molar-refractivity contribution in [2.24, 2.45) is 0 Å². The Kier molecular flexibility index (Phi) is 27.3. The van der Waals surface area contributed by atoms with Gasteiger partial charge in [-0.3, -0.25) is 4.79 Å². The molecule has 0 atom stereocenters. The third kappa shape index (κ3) is 24.8. The fraction of sp³-hybridized carbons (Fsp3) is 0.500. The van der Waals surface area contributed by atoms with Crippen molar-refractivity contribution in [3.63, 3.8) is 0 Å². The largest absolute Gasteiger partial charge is 1.00 e. The van der Waals surface area contributed by atoms with Gasteiger partial charge in [-0.2, -0.15) is 0 Å². The maximum Gasteiger partial charge on any atom is 1.00 e. The van der Waals surface area contributed by atoms with E-state index in [0.717, 1.165) is 0 Å². The van der Waals surface area contributed by atoms with E-state index < -0.39 is 3.79 Å². The third-order valence-corrected chi connectivity index (χ3v) is 0.401. The van der Waals surface area contributed by atoms with Crippen molar-refractivity contribution in [2.45, 2.75) is 3.79 Å². The van der Waals surface area contributed by atoms with Crippen LogP contribution in [0.15, 0.2) is 0 Å². The fourth-order valence-corrected chi connectivity index (χ4v) is 0. The summed E-state index contributed by atoms with van der Waals surface area (Å²) in [5.41, 5.74) is 0. The molecule has 0 amide bonds. The average molecular weight is 331 g/mol. The van der Waals surface area contributed by atoms with E-state index >= 15 is 0 Å². The minimum absolute atomic E-state index is 0. The van der Waals surface area contributed by atoms with Crippen molar-refractivity contribution in [3.8, 4) is 0 Å². The summed E-state index contributed by atoms with van der Waals surface area (Å²) in [6.07, 6.45) is 0.234. The van der Waals surface area contributed by atoms with Crippen LogP contribution in [0, 0.1) is 0 Å². The van der Waals surface area contributed by atoms with Crippen LogP contribution in [-0.4, -0.2) is 15.6 Å². The van der Waals surface area contributed by atoms with Gasteiger partial charge in [-0.15, -0.1) is 0 Å². The van der Waals surface area contributed by atoms with E-state index in [1.54, 1.807) is 0 Å². The smallest absolute Gasteiger partial charge is 1.00 e. The first-order valence-electron chi connectivity index (χ1n) is 1.09. The van der Waals surface area contributed by atoms with E-state index in [4.69, 9.17) is 34.8 Å². The molecule has 0 rings (SSSR count). The molecule has 2 N–H and O–H groups in total. The normalized spacial score (nSPS) is 7.44. The molecular weight excluding hydrogens is 328 g/mol. The Hall–Kier alpha value is 2.87. The van der Waals surface area contributed by atoms with E-state index in [0.29, 0.717) is 0 Å². The fourth-order valence-electron chi connectivity index (χ4n) is 0. The van der Waals surface area contributed by atoms with Gasteiger partial charge >= 0.3 is 51.4 Å². The standard InChI is InChI=1S/C2HCl3O.HI.K.H2O/c3-2(4,5)1-6;;;/h1H;1H;;1H2/q;;+1;/p-1. The molecule has 2 nitrogen and oxygen atoms in total. The topological polar surface area (TPSA) is 48.6 Å². The summed E-state index contributed by atoms with van der Waals surface area (Å²) in [6, 6.07) is 0. The maximum atomic E-state index is 9.43. The van der Waals surface area contributed by atoms with Crippen LogP contribution in [0.1, 0.15) is 0 Å². The SMILES string of the molecule is O.O=CC(Cl)(Cl)Cl.[I-].[K+]. The van der Waals surface area contributed by atoms with Gasteiger partial charge in [0.2, 0.25) is 3.79 Å². The molecule has 7 heteroatoms. The molecule has 0 aliphatic carbocycles.